The minimum atomic E-state index is -0.309. The highest BCUT2D eigenvalue weighted by molar-refractivity contribution is 6.21. The number of anilines is 1. The average molecular weight is 445 g/mol. The van der Waals surface area contributed by atoms with Gasteiger partial charge in [-0.3, -0.25) is 14.5 Å². The van der Waals surface area contributed by atoms with Crippen molar-refractivity contribution in [2.75, 3.05) is 37.6 Å². The van der Waals surface area contributed by atoms with Gasteiger partial charge in [-0.15, -0.1) is 0 Å². The van der Waals surface area contributed by atoms with Gasteiger partial charge in [0.25, 0.3) is 11.8 Å². The highest BCUT2D eigenvalue weighted by atomic mass is 16.2. The Morgan fingerprint density at radius 2 is 1.58 bits per heavy atom. The third-order valence-corrected chi connectivity index (χ3v) is 6.94. The van der Waals surface area contributed by atoms with E-state index in [0.29, 0.717) is 24.2 Å². The number of carbonyl (C=O) groups excluding carboxylic acids is 3. The quantitative estimate of drug-likeness (QED) is 0.609. The van der Waals surface area contributed by atoms with Crippen LogP contribution in [0.1, 0.15) is 33.6 Å². The van der Waals surface area contributed by atoms with Crippen molar-refractivity contribution in [3.05, 3.63) is 60.2 Å². The first-order valence-electron chi connectivity index (χ1n) is 11.1. The summed E-state index contributed by atoms with van der Waals surface area (Å²) < 4.78 is 1.95. The number of nitrogens with one attached hydrogen (secondary N) is 1. The average Bonchev–Trinajstić information content (AvgIpc) is 3.49. The molecule has 4 amide bonds. The summed E-state index contributed by atoms with van der Waals surface area (Å²) in [7, 11) is 0. The summed E-state index contributed by atoms with van der Waals surface area (Å²) in [6.07, 6.45) is 8.87. The maximum atomic E-state index is 12.7. The molecule has 2 aromatic heterocycles. The Balaban J connectivity index is 1.10. The predicted octanol–water partition coefficient (Wildman–Crippen LogP) is 1.39. The Morgan fingerprint density at radius 3 is 2.27 bits per heavy atom. The molecule has 0 atom stereocenters. The molecule has 1 aromatic carbocycles. The third-order valence-electron chi connectivity index (χ3n) is 6.94. The molecule has 0 aliphatic carbocycles. The second kappa shape index (κ2) is 7.29. The summed E-state index contributed by atoms with van der Waals surface area (Å²) >= 11 is 0. The Labute approximate surface area is 189 Å². The zero-order valence-corrected chi connectivity index (χ0v) is 18.0. The van der Waals surface area contributed by atoms with Gasteiger partial charge in [-0.25, -0.2) is 14.8 Å². The van der Waals surface area contributed by atoms with Crippen LogP contribution in [0.25, 0.3) is 5.65 Å². The molecule has 0 radical (unpaired) electrons. The zero-order chi connectivity index (χ0) is 22.6. The molecule has 0 saturated carbocycles. The van der Waals surface area contributed by atoms with Gasteiger partial charge in [0.05, 0.1) is 16.7 Å². The molecule has 33 heavy (non-hydrogen) atoms. The summed E-state index contributed by atoms with van der Waals surface area (Å²) in [4.78, 5) is 52.0. The van der Waals surface area contributed by atoms with Gasteiger partial charge in [0.2, 0.25) is 0 Å². The molecule has 10 nitrogen and oxygen atoms in total. The standard InChI is InChI=1S/C23H23N7O3/c31-20-16-3-1-2-4-17(16)21(32)30(20)14-13-29-15-23(26-22(29)33)5-9-27(10-6-23)18-19-25-8-12-28(19)11-7-24-18/h1-4,7-8,11-12H,5-6,9-10,13-15H2,(H,26,33). The second-order valence-corrected chi connectivity index (χ2v) is 8.84. The number of imide groups is 1. The van der Waals surface area contributed by atoms with E-state index >= 15 is 0 Å². The van der Waals surface area contributed by atoms with Crippen molar-refractivity contribution in [2.45, 2.75) is 18.4 Å². The number of nitrogens with zero attached hydrogens (tertiary/aromatic N) is 6. The van der Waals surface area contributed by atoms with E-state index in [1.54, 1.807) is 41.6 Å². The fourth-order valence-corrected chi connectivity index (χ4v) is 5.12. The lowest BCUT2D eigenvalue weighted by atomic mass is 9.88. The normalized spacial score (nSPS) is 19.6. The molecule has 0 unspecified atom stereocenters. The van der Waals surface area contributed by atoms with Crippen LogP contribution in [-0.2, 0) is 0 Å². The van der Waals surface area contributed by atoms with Crippen LogP contribution < -0.4 is 10.2 Å². The van der Waals surface area contributed by atoms with Crippen molar-refractivity contribution in [1.29, 1.82) is 0 Å². The molecule has 6 rings (SSSR count). The van der Waals surface area contributed by atoms with Crippen LogP contribution in [-0.4, -0.2) is 80.3 Å². The SMILES string of the molecule is O=C1NC2(CCN(c3nccn4ccnc34)CC2)CN1CCN1C(=O)c2ccccc2C1=O. The van der Waals surface area contributed by atoms with Crippen molar-refractivity contribution >= 4 is 29.3 Å². The molecule has 0 bridgehead atoms. The van der Waals surface area contributed by atoms with Crippen molar-refractivity contribution < 1.29 is 14.4 Å². The number of hydrogen-bond acceptors (Lipinski definition) is 6. The largest absolute Gasteiger partial charge is 0.353 e. The number of rotatable bonds is 4. The maximum absolute atomic E-state index is 12.7. The van der Waals surface area contributed by atoms with Crippen LogP contribution in [0.5, 0.6) is 0 Å². The fourth-order valence-electron chi connectivity index (χ4n) is 5.12. The lowest BCUT2D eigenvalue weighted by Gasteiger charge is -2.39. The number of imidazole rings is 1. The Kier molecular flexibility index (Phi) is 4.36. The van der Waals surface area contributed by atoms with E-state index in [2.05, 4.69) is 20.2 Å². The van der Waals surface area contributed by atoms with Crippen molar-refractivity contribution in [2.24, 2.45) is 0 Å². The first kappa shape index (κ1) is 19.7. The first-order chi connectivity index (χ1) is 16.0. The summed E-state index contributed by atoms with van der Waals surface area (Å²) in [5.41, 5.74) is 1.37. The number of carbonyl (C=O) groups is 3. The summed E-state index contributed by atoms with van der Waals surface area (Å²) in [6, 6.07) is 6.69. The molecule has 3 aromatic rings. The Hall–Kier alpha value is -3.95. The van der Waals surface area contributed by atoms with Gasteiger partial charge >= 0.3 is 6.03 Å². The summed E-state index contributed by atoms with van der Waals surface area (Å²) in [5.74, 6) is 0.266. The van der Waals surface area contributed by atoms with Crippen molar-refractivity contribution in [3.63, 3.8) is 0 Å². The van der Waals surface area contributed by atoms with E-state index in [-0.39, 0.29) is 29.9 Å². The van der Waals surface area contributed by atoms with Gasteiger partial charge in [0.1, 0.15) is 0 Å². The number of urea groups is 1. The summed E-state index contributed by atoms with van der Waals surface area (Å²) in [6.45, 7) is 2.58. The van der Waals surface area contributed by atoms with Gasteiger partial charge in [-0.2, -0.15) is 0 Å². The van der Waals surface area contributed by atoms with Crippen LogP contribution in [0.2, 0.25) is 0 Å². The number of amides is 4. The highest BCUT2D eigenvalue weighted by Gasteiger charge is 2.45. The van der Waals surface area contributed by atoms with Crippen LogP contribution in [0.3, 0.4) is 0 Å². The smallest absolute Gasteiger partial charge is 0.318 e. The minimum absolute atomic E-state index is 0.145. The van der Waals surface area contributed by atoms with Crippen LogP contribution >= 0.6 is 0 Å². The lowest BCUT2D eigenvalue weighted by Crippen LogP contribution is -2.52. The second-order valence-electron chi connectivity index (χ2n) is 8.84. The van der Waals surface area contributed by atoms with E-state index in [1.807, 2.05) is 16.8 Å². The van der Waals surface area contributed by atoms with Gasteiger partial charge in [0, 0.05) is 57.5 Å². The molecule has 10 heteroatoms. The number of hydrogen-bond donors (Lipinski definition) is 1. The molecule has 3 aliphatic rings. The maximum Gasteiger partial charge on any atom is 0.318 e. The predicted molar refractivity (Wildman–Crippen MR) is 119 cm³/mol. The van der Waals surface area contributed by atoms with Gasteiger partial charge in [-0.1, -0.05) is 12.1 Å². The van der Waals surface area contributed by atoms with Crippen LogP contribution in [0.15, 0.2) is 49.1 Å². The van der Waals surface area contributed by atoms with Gasteiger partial charge in [0.15, 0.2) is 11.5 Å². The van der Waals surface area contributed by atoms with Crippen LogP contribution in [0, 0.1) is 0 Å². The van der Waals surface area contributed by atoms with Crippen LogP contribution in [0.4, 0.5) is 10.6 Å². The molecular weight excluding hydrogens is 422 g/mol. The molecule has 1 spiro atoms. The molecule has 5 heterocycles. The van der Waals surface area contributed by atoms with E-state index in [0.717, 1.165) is 37.4 Å². The molecule has 2 fully saturated rings. The number of fused-ring (bicyclic) bond motifs is 2. The van der Waals surface area contributed by atoms with Gasteiger partial charge in [-0.05, 0) is 25.0 Å². The van der Waals surface area contributed by atoms with E-state index in [4.69, 9.17) is 0 Å². The van der Waals surface area contributed by atoms with Gasteiger partial charge < -0.3 is 19.5 Å². The van der Waals surface area contributed by atoms with E-state index in [1.165, 1.54) is 4.90 Å². The Bertz CT molecular complexity index is 1240. The molecule has 2 saturated heterocycles. The first-order valence-corrected chi connectivity index (χ1v) is 11.1. The topological polar surface area (TPSA) is 103 Å². The van der Waals surface area contributed by atoms with E-state index < -0.39 is 0 Å². The molecule has 3 aliphatic heterocycles. The molecule has 168 valence electrons. The Morgan fingerprint density at radius 1 is 0.909 bits per heavy atom. The third kappa shape index (κ3) is 3.12. The minimum Gasteiger partial charge on any atom is -0.353 e. The lowest BCUT2D eigenvalue weighted by molar-refractivity contribution is 0.0642. The fraction of sp³-hybridized carbons (Fsp3) is 0.348. The molecule has 1 N–H and O–H groups in total. The van der Waals surface area contributed by atoms with Crippen molar-refractivity contribution in [1.82, 2.24) is 29.5 Å². The summed E-state index contributed by atoms with van der Waals surface area (Å²) in [5, 5.41) is 3.17. The number of benzene rings is 1. The highest BCUT2D eigenvalue weighted by Crippen LogP contribution is 2.31. The number of aromatic nitrogens is 3. The zero-order valence-electron chi connectivity index (χ0n) is 18.0. The monoisotopic (exact) mass is 445 g/mol. The van der Waals surface area contributed by atoms with E-state index in [9.17, 15) is 14.4 Å². The van der Waals surface area contributed by atoms with Crippen molar-refractivity contribution in [3.8, 4) is 0 Å². The molecular formula is C23H23N7O3. The number of piperidine rings is 1.